The predicted molar refractivity (Wildman–Crippen MR) is 102 cm³/mol. The first-order valence-electron chi connectivity index (χ1n) is 9.27. The van der Waals surface area contributed by atoms with Gasteiger partial charge in [-0.15, -0.1) is 0 Å². The zero-order chi connectivity index (χ0) is 17.9. The molecule has 1 amide bonds. The van der Waals surface area contributed by atoms with E-state index >= 15 is 0 Å². The van der Waals surface area contributed by atoms with Crippen LogP contribution in [0.3, 0.4) is 0 Å². The molecule has 5 nitrogen and oxygen atoms in total. The molecule has 0 aromatic heterocycles. The number of carbonyl (C=O) groups excluding carboxylic acids is 1. The molecule has 6 heteroatoms. The minimum Gasteiger partial charge on any atom is -0.492 e. The lowest BCUT2D eigenvalue weighted by Gasteiger charge is -2.34. The van der Waals surface area contributed by atoms with Gasteiger partial charge in [0.15, 0.2) is 0 Å². The van der Waals surface area contributed by atoms with Crippen molar-refractivity contribution in [3.8, 4) is 5.75 Å². The molecular weight excluding hydrogens is 338 g/mol. The lowest BCUT2D eigenvalue weighted by Crippen LogP contribution is -2.49. The molecule has 1 heterocycles. The summed E-state index contributed by atoms with van der Waals surface area (Å²) in [5, 5.41) is 0.715. The second-order valence-corrected chi connectivity index (χ2v) is 6.91. The van der Waals surface area contributed by atoms with Crippen LogP contribution in [0.1, 0.15) is 32.1 Å². The fourth-order valence-corrected chi connectivity index (χ4v) is 3.10. The molecule has 0 spiro atoms. The highest BCUT2D eigenvalue weighted by atomic mass is 35.5. The molecule has 2 N–H and O–H groups in total. The summed E-state index contributed by atoms with van der Waals surface area (Å²) < 4.78 is 5.73. The highest BCUT2D eigenvalue weighted by Gasteiger charge is 2.20. The highest BCUT2D eigenvalue weighted by Crippen LogP contribution is 2.15. The van der Waals surface area contributed by atoms with Crippen molar-refractivity contribution < 1.29 is 9.53 Å². The van der Waals surface area contributed by atoms with Crippen molar-refractivity contribution in [2.24, 2.45) is 5.73 Å². The Hall–Kier alpha value is -1.30. The second-order valence-electron chi connectivity index (χ2n) is 6.48. The van der Waals surface area contributed by atoms with E-state index in [0.29, 0.717) is 24.0 Å². The average Bonchev–Trinajstić information content (AvgIpc) is 2.63. The average molecular weight is 368 g/mol. The standard InChI is InChI=1S/C19H30ClN3O2/c20-17-6-8-18(9-7-17)25-16-15-22-11-13-23(14-12-22)19(24)5-3-1-2-4-10-21/h6-9H,1-5,10-16,21H2. The molecule has 1 aliphatic rings. The van der Waals surface area contributed by atoms with E-state index in [-0.39, 0.29) is 0 Å². The van der Waals surface area contributed by atoms with Crippen LogP contribution < -0.4 is 10.5 Å². The molecule has 1 fully saturated rings. The fraction of sp³-hybridized carbons (Fsp3) is 0.632. The number of piperazine rings is 1. The number of rotatable bonds is 10. The second kappa shape index (κ2) is 11.3. The molecule has 2 rings (SSSR count). The number of benzene rings is 1. The highest BCUT2D eigenvalue weighted by molar-refractivity contribution is 6.30. The minimum absolute atomic E-state index is 0.296. The summed E-state index contributed by atoms with van der Waals surface area (Å²) in [5.41, 5.74) is 5.48. The largest absolute Gasteiger partial charge is 0.492 e. The van der Waals surface area contributed by atoms with Gasteiger partial charge in [0.05, 0.1) is 0 Å². The molecule has 0 bridgehead atoms. The summed E-state index contributed by atoms with van der Waals surface area (Å²) in [5.74, 6) is 1.14. The van der Waals surface area contributed by atoms with Crippen molar-refractivity contribution in [1.29, 1.82) is 0 Å². The van der Waals surface area contributed by atoms with Crippen molar-refractivity contribution in [3.63, 3.8) is 0 Å². The van der Waals surface area contributed by atoms with Crippen LogP contribution in [0.25, 0.3) is 0 Å². The first kappa shape index (κ1) is 20.0. The van der Waals surface area contributed by atoms with Crippen molar-refractivity contribution in [2.75, 3.05) is 45.9 Å². The van der Waals surface area contributed by atoms with Crippen LogP contribution in [0.2, 0.25) is 5.02 Å². The molecule has 0 atom stereocenters. The van der Waals surface area contributed by atoms with E-state index in [1.165, 1.54) is 0 Å². The van der Waals surface area contributed by atoms with Gasteiger partial charge in [0.25, 0.3) is 0 Å². The zero-order valence-electron chi connectivity index (χ0n) is 15.0. The number of amides is 1. The van der Waals surface area contributed by atoms with Crippen molar-refractivity contribution in [1.82, 2.24) is 9.80 Å². The van der Waals surface area contributed by atoms with Crippen molar-refractivity contribution in [2.45, 2.75) is 32.1 Å². The Morgan fingerprint density at radius 2 is 1.72 bits per heavy atom. The number of nitrogens with two attached hydrogens (primary N) is 1. The van der Waals surface area contributed by atoms with Crippen LogP contribution in [0.4, 0.5) is 0 Å². The van der Waals surface area contributed by atoms with E-state index < -0.39 is 0 Å². The van der Waals surface area contributed by atoms with Crippen LogP contribution in [-0.4, -0.2) is 61.6 Å². The molecular formula is C19H30ClN3O2. The van der Waals surface area contributed by atoms with Gasteiger partial charge in [-0.1, -0.05) is 24.4 Å². The SMILES string of the molecule is NCCCCCCC(=O)N1CCN(CCOc2ccc(Cl)cc2)CC1. The van der Waals surface area contributed by atoms with Gasteiger partial charge in [0.1, 0.15) is 12.4 Å². The van der Waals surface area contributed by atoms with E-state index in [9.17, 15) is 4.79 Å². The minimum atomic E-state index is 0.296. The van der Waals surface area contributed by atoms with E-state index in [4.69, 9.17) is 22.1 Å². The molecule has 0 unspecified atom stereocenters. The summed E-state index contributed by atoms with van der Waals surface area (Å²) >= 11 is 5.86. The van der Waals surface area contributed by atoms with Crippen LogP contribution in [0.15, 0.2) is 24.3 Å². The maximum absolute atomic E-state index is 12.2. The van der Waals surface area contributed by atoms with Gasteiger partial charge in [-0.2, -0.15) is 0 Å². The quantitative estimate of drug-likeness (QED) is 0.646. The molecule has 0 saturated carbocycles. The molecule has 1 saturated heterocycles. The fourth-order valence-electron chi connectivity index (χ4n) is 2.98. The monoisotopic (exact) mass is 367 g/mol. The lowest BCUT2D eigenvalue weighted by atomic mass is 10.1. The Balaban J connectivity index is 1.56. The van der Waals surface area contributed by atoms with Crippen LogP contribution in [-0.2, 0) is 4.79 Å². The normalized spacial score (nSPS) is 15.4. The van der Waals surface area contributed by atoms with Crippen molar-refractivity contribution in [3.05, 3.63) is 29.3 Å². The van der Waals surface area contributed by atoms with Gasteiger partial charge in [0.2, 0.25) is 5.91 Å². The van der Waals surface area contributed by atoms with Gasteiger partial charge in [-0.25, -0.2) is 0 Å². The third-order valence-corrected chi connectivity index (χ3v) is 4.81. The molecule has 0 aliphatic carbocycles. The number of ether oxygens (including phenoxy) is 1. The summed E-state index contributed by atoms with van der Waals surface area (Å²) in [6, 6.07) is 7.42. The number of nitrogens with zero attached hydrogens (tertiary/aromatic N) is 2. The van der Waals surface area contributed by atoms with Crippen LogP contribution >= 0.6 is 11.6 Å². The van der Waals surface area contributed by atoms with Gasteiger partial charge >= 0.3 is 0 Å². The van der Waals surface area contributed by atoms with Gasteiger partial charge in [0, 0.05) is 44.2 Å². The molecule has 140 valence electrons. The lowest BCUT2D eigenvalue weighted by molar-refractivity contribution is -0.133. The Bertz CT molecular complexity index is 502. The van der Waals surface area contributed by atoms with E-state index in [1.807, 2.05) is 29.2 Å². The van der Waals surface area contributed by atoms with Gasteiger partial charge in [-0.05, 0) is 43.7 Å². The first-order valence-corrected chi connectivity index (χ1v) is 9.65. The molecule has 1 aromatic rings. The van der Waals surface area contributed by atoms with Crippen LogP contribution in [0.5, 0.6) is 5.75 Å². The van der Waals surface area contributed by atoms with E-state index in [1.54, 1.807) is 0 Å². The van der Waals surface area contributed by atoms with Gasteiger partial charge in [-0.3, -0.25) is 9.69 Å². The molecule has 25 heavy (non-hydrogen) atoms. The zero-order valence-corrected chi connectivity index (χ0v) is 15.7. The first-order chi connectivity index (χ1) is 12.2. The maximum Gasteiger partial charge on any atom is 0.222 e. The topological polar surface area (TPSA) is 58.8 Å². The summed E-state index contributed by atoms with van der Waals surface area (Å²) in [4.78, 5) is 16.6. The van der Waals surface area contributed by atoms with Gasteiger partial charge < -0.3 is 15.4 Å². The predicted octanol–water partition coefficient (Wildman–Crippen LogP) is 2.77. The number of unbranched alkanes of at least 4 members (excludes halogenated alkanes) is 3. The number of hydrogen-bond acceptors (Lipinski definition) is 4. The summed E-state index contributed by atoms with van der Waals surface area (Å²) in [6.45, 7) is 5.76. The number of carbonyl (C=O) groups is 1. The number of hydrogen-bond donors (Lipinski definition) is 1. The molecule has 1 aliphatic heterocycles. The smallest absolute Gasteiger partial charge is 0.222 e. The summed E-state index contributed by atoms with van der Waals surface area (Å²) in [6.07, 6.45) is 4.94. The maximum atomic E-state index is 12.2. The Labute approximate surface area is 156 Å². The third kappa shape index (κ3) is 7.63. The summed E-state index contributed by atoms with van der Waals surface area (Å²) in [7, 11) is 0. The molecule has 1 aromatic carbocycles. The Morgan fingerprint density at radius 3 is 2.40 bits per heavy atom. The Kier molecular flexibility index (Phi) is 9.08. The van der Waals surface area contributed by atoms with Crippen molar-refractivity contribution >= 4 is 17.5 Å². The van der Waals surface area contributed by atoms with E-state index in [2.05, 4.69) is 4.90 Å². The van der Waals surface area contributed by atoms with Crippen LogP contribution in [0, 0.1) is 0 Å². The number of halogens is 1. The molecule has 0 radical (unpaired) electrons. The van der Waals surface area contributed by atoms with E-state index in [0.717, 1.165) is 70.7 Å². The Morgan fingerprint density at radius 1 is 1.04 bits per heavy atom. The third-order valence-electron chi connectivity index (χ3n) is 4.56.